The second kappa shape index (κ2) is 6.93. The van der Waals surface area contributed by atoms with Crippen LogP contribution in [0.25, 0.3) is 0 Å². The van der Waals surface area contributed by atoms with E-state index >= 15 is 0 Å². The van der Waals surface area contributed by atoms with Crippen LogP contribution in [0.1, 0.15) is 29.5 Å². The summed E-state index contributed by atoms with van der Waals surface area (Å²) in [4.78, 5) is 6.03. The number of aliphatic hydroxyl groups is 1. The molecule has 1 aromatic carbocycles. The van der Waals surface area contributed by atoms with Crippen molar-refractivity contribution >= 4 is 11.5 Å². The van der Waals surface area contributed by atoms with Gasteiger partial charge in [-0.15, -0.1) is 0 Å². The molecule has 0 saturated carbocycles. The molecule has 136 valence electrons. The number of nitrogens with one attached hydrogen (secondary N) is 1. The zero-order valence-corrected chi connectivity index (χ0v) is 15.0. The fourth-order valence-corrected chi connectivity index (χ4v) is 3.39. The summed E-state index contributed by atoms with van der Waals surface area (Å²) in [6.07, 6.45) is 3.50. The van der Waals surface area contributed by atoms with Crippen LogP contribution < -0.4 is 5.32 Å². The van der Waals surface area contributed by atoms with Crippen LogP contribution in [0, 0.1) is 6.92 Å². The lowest BCUT2D eigenvalue weighted by Crippen LogP contribution is -2.37. The van der Waals surface area contributed by atoms with E-state index in [-0.39, 0.29) is 0 Å². The molecule has 3 heterocycles. The Labute approximate surface area is 152 Å². The van der Waals surface area contributed by atoms with Crippen LogP contribution in [0.3, 0.4) is 0 Å². The summed E-state index contributed by atoms with van der Waals surface area (Å²) in [6.45, 7) is 5.89. The molecule has 1 aliphatic rings. The molecule has 1 aliphatic heterocycles. The van der Waals surface area contributed by atoms with Crippen molar-refractivity contribution in [1.82, 2.24) is 19.7 Å². The Morgan fingerprint density at radius 3 is 3.00 bits per heavy atom. The maximum Gasteiger partial charge on any atom is 0.180 e. The zero-order valence-electron chi connectivity index (χ0n) is 15.0. The highest BCUT2D eigenvalue weighted by Crippen LogP contribution is 2.29. The van der Waals surface area contributed by atoms with E-state index in [4.69, 9.17) is 9.52 Å². The van der Waals surface area contributed by atoms with Crippen LogP contribution in [0.2, 0.25) is 0 Å². The molecule has 2 N–H and O–H groups in total. The van der Waals surface area contributed by atoms with Gasteiger partial charge >= 0.3 is 0 Å². The zero-order chi connectivity index (χ0) is 18.1. The Morgan fingerprint density at radius 1 is 1.38 bits per heavy atom. The second-order valence-electron chi connectivity index (χ2n) is 6.75. The van der Waals surface area contributed by atoms with Gasteiger partial charge in [-0.25, -0.2) is 4.98 Å². The van der Waals surface area contributed by atoms with Crippen molar-refractivity contribution in [3.05, 3.63) is 59.4 Å². The minimum absolute atomic E-state index is 0.479. The molecule has 0 fully saturated rings. The summed E-state index contributed by atoms with van der Waals surface area (Å²) >= 11 is 0. The van der Waals surface area contributed by atoms with Gasteiger partial charge in [-0.2, -0.15) is 5.10 Å². The highest BCUT2D eigenvalue weighted by Gasteiger charge is 2.27. The Kier molecular flexibility index (Phi) is 4.48. The van der Waals surface area contributed by atoms with Gasteiger partial charge in [0.05, 0.1) is 6.20 Å². The quantitative estimate of drug-likeness (QED) is 0.734. The topological polar surface area (TPSA) is 79.4 Å². The smallest absolute Gasteiger partial charge is 0.180 e. The number of aryl methyl sites for hydroxylation is 1. The molecule has 1 atom stereocenters. The van der Waals surface area contributed by atoms with Gasteiger partial charge in [0, 0.05) is 36.5 Å². The predicted octanol–water partition coefficient (Wildman–Crippen LogP) is 2.67. The predicted molar refractivity (Wildman–Crippen MR) is 98.1 cm³/mol. The first kappa shape index (κ1) is 16.8. The maximum atomic E-state index is 9.99. The minimum atomic E-state index is -0.479. The van der Waals surface area contributed by atoms with Crippen LogP contribution in [-0.2, 0) is 19.5 Å². The molecular formula is C19H23N5O2. The minimum Gasteiger partial charge on any atom is -0.447 e. The molecule has 7 heteroatoms. The lowest BCUT2D eigenvalue weighted by atomic mass is 10.1. The van der Waals surface area contributed by atoms with Crippen molar-refractivity contribution in [2.24, 2.45) is 0 Å². The fraction of sp³-hybridized carbons (Fsp3) is 0.368. The summed E-state index contributed by atoms with van der Waals surface area (Å²) < 4.78 is 7.37. The summed E-state index contributed by atoms with van der Waals surface area (Å²) in [5, 5.41) is 18.2. The van der Waals surface area contributed by atoms with Crippen LogP contribution >= 0.6 is 0 Å². The molecule has 3 aromatic rings. The number of fused-ring (bicyclic) bond motifs is 1. The third-order valence-corrected chi connectivity index (χ3v) is 4.76. The summed E-state index contributed by atoms with van der Waals surface area (Å²) in [5.74, 6) is 1.60. The largest absolute Gasteiger partial charge is 0.447 e. The van der Waals surface area contributed by atoms with Crippen molar-refractivity contribution in [1.29, 1.82) is 0 Å². The maximum absolute atomic E-state index is 9.99. The van der Waals surface area contributed by atoms with Crippen LogP contribution in [-0.4, -0.2) is 37.5 Å². The monoisotopic (exact) mass is 353 g/mol. The number of oxazole rings is 1. The number of hydrogen-bond donors (Lipinski definition) is 2. The number of nitrogens with zero attached hydrogens (tertiary/aromatic N) is 4. The first-order chi connectivity index (χ1) is 12.6. The van der Waals surface area contributed by atoms with E-state index in [2.05, 4.69) is 29.4 Å². The highest BCUT2D eigenvalue weighted by molar-refractivity contribution is 5.61. The number of aliphatic hydroxyl groups excluding tert-OH is 1. The Balaban J connectivity index is 1.69. The van der Waals surface area contributed by atoms with Crippen molar-refractivity contribution in [2.45, 2.75) is 39.6 Å². The normalized spacial score (nSPS) is 15.7. The lowest BCUT2D eigenvalue weighted by Gasteiger charge is -2.29. The van der Waals surface area contributed by atoms with E-state index < -0.39 is 6.23 Å². The first-order valence-electron chi connectivity index (χ1n) is 8.82. The lowest BCUT2D eigenvalue weighted by molar-refractivity contribution is 0.00882. The number of hydrogen-bond acceptors (Lipinski definition) is 6. The number of aromatic nitrogens is 3. The van der Waals surface area contributed by atoms with Gasteiger partial charge < -0.3 is 14.8 Å². The van der Waals surface area contributed by atoms with Gasteiger partial charge in [0.2, 0.25) is 0 Å². The standard InChI is InChI=1S/C19H23N5O2/c1-13-4-3-5-15(8-13)21-19-17-11-23(14(2)25)7-6-18(17)24(22-19)10-16-9-20-12-26-16/h3-5,8-9,12,14,25H,6-7,10-11H2,1-2H3,(H,21,22). The van der Waals surface area contributed by atoms with Gasteiger partial charge in [-0.3, -0.25) is 9.58 Å². The van der Waals surface area contributed by atoms with Gasteiger partial charge in [0.15, 0.2) is 12.2 Å². The molecule has 0 aliphatic carbocycles. The molecule has 0 radical (unpaired) electrons. The number of anilines is 2. The van der Waals surface area contributed by atoms with Crippen LogP contribution in [0.4, 0.5) is 11.5 Å². The molecule has 0 saturated heterocycles. The summed E-state index contributed by atoms with van der Waals surface area (Å²) in [5.41, 5.74) is 4.49. The van der Waals surface area contributed by atoms with Crippen molar-refractivity contribution < 1.29 is 9.52 Å². The molecule has 0 bridgehead atoms. The average molecular weight is 353 g/mol. The Hall–Kier alpha value is -2.64. The number of benzene rings is 1. The summed E-state index contributed by atoms with van der Waals surface area (Å²) in [6, 6.07) is 8.22. The van der Waals surface area contributed by atoms with Crippen molar-refractivity contribution in [3.8, 4) is 0 Å². The van der Waals surface area contributed by atoms with Gasteiger partial charge in [0.25, 0.3) is 0 Å². The van der Waals surface area contributed by atoms with Gasteiger partial charge in [-0.05, 0) is 31.5 Å². The Morgan fingerprint density at radius 2 is 2.27 bits per heavy atom. The van der Waals surface area contributed by atoms with E-state index in [0.29, 0.717) is 13.1 Å². The van der Waals surface area contributed by atoms with E-state index in [1.165, 1.54) is 17.7 Å². The average Bonchev–Trinajstić information content (AvgIpc) is 3.24. The summed E-state index contributed by atoms with van der Waals surface area (Å²) in [7, 11) is 0. The Bertz CT molecular complexity index is 885. The third kappa shape index (κ3) is 3.36. The van der Waals surface area contributed by atoms with Gasteiger partial charge in [0.1, 0.15) is 18.5 Å². The SMILES string of the molecule is Cc1cccc(Nc2nn(Cc3cnco3)c3c2CN(C(C)O)CC3)c1. The van der Waals surface area contributed by atoms with Crippen molar-refractivity contribution in [2.75, 3.05) is 11.9 Å². The number of rotatable bonds is 5. The molecule has 4 rings (SSSR count). The van der Waals surface area contributed by atoms with E-state index in [1.807, 2.05) is 21.7 Å². The van der Waals surface area contributed by atoms with Crippen molar-refractivity contribution in [3.63, 3.8) is 0 Å². The molecule has 26 heavy (non-hydrogen) atoms. The second-order valence-corrected chi connectivity index (χ2v) is 6.75. The first-order valence-corrected chi connectivity index (χ1v) is 8.82. The third-order valence-electron chi connectivity index (χ3n) is 4.76. The molecule has 2 aromatic heterocycles. The molecular weight excluding hydrogens is 330 g/mol. The van der Waals surface area contributed by atoms with E-state index in [1.54, 1.807) is 13.1 Å². The van der Waals surface area contributed by atoms with E-state index in [9.17, 15) is 5.11 Å². The molecule has 0 spiro atoms. The molecule has 7 nitrogen and oxygen atoms in total. The van der Waals surface area contributed by atoms with Gasteiger partial charge in [-0.1, -0.05) is 12.1 Å². The molecule has 0 amide bonds. The highest BCUT2D eigenvalue weighted by atomic mass is 16.3. The van der Waals surface area contributed by atoms with E-state index in [0.717, 1.165) is 35.8 Å². The molecule has 1 unspecified atom stereocenters. The van der Waals surface area contributed by atoms with Crippen LogP contribution in [0.5, 0.6) is 0 Å². The fourth-order valence-electron chi connectivity index (χ4n) is 3.39. The van der Waals surface area contributed by atoms with Crippen LogP contribution in [0.15, 0.2) is 41.3 Å².